The number of halogens is 4. The number of carbonyl (C=O) groups excluding carboxylic acids is 1. The fourth-order valence-corrected chi connectivity index (χ4v) is 3.19. The van der Waals surface area contributed by atoms with Crippen molar-refractivity contribution in [3.05, 3.63) is 0 Å². The number of guanidine groups is 1. The number of hydrogen-bond donors (Lipinski definition) is 3. The topological polar surface area (TPSA) is 68.8 Å². The molecule has 2 atom stereocenters. The summed E-state index contributed by atoms with van der Waals surface area (Å²) in [5.41, 5.74) is 0. The highest BCUT2D eigenvalue weighted by Gasteiger charge is 2.29. The third kappa shape index (κ3) is 11.9. The first-order valence-corrected chi connectivity index (χ1v) is 9.71. The maximum absolute atomic E-state index is 12.4. The van der Waals surface area contributed by atoms with Crippen LogP contribution in [-0.2, 0) is 4.79 Å². The van der Waals surface area contributed by atoms with Gasteiger partial charge in [-0.2, -0.15) is 13.2 Å². The molecule has 0 aliphatic heterocycles. The number of nitrogens with zero attached hydrogens (tertiary/aromatic N) is 2. The van der Waals surface area contributed by atoms with Gasteiger partial charge in [-0.1, -0.05) is 6.42 Å². The Morgan fingerprint density at radius 2 is 1.96 bits per heavy atom. The highest BCUT2D eigenvalue weighted by molar-refractivity contribution is 14.0. The smallest absolute Gasteiger partial charge is 0.357 e. The lowest BCUT2D eigenvalue weighted by atomic mass is 9.85. The number of rotatable bonds is 8. The predicted octanol–water partition coefficient (Wildman–Crippen LogP) is 2.74. The SMILES string of the molecule is CCNC(=NCCN(C)CC(F)(F)F)NC1CCCC(C(=O)NC(C)C)C1.I. The van der Waals surface area contributed by atoms with Crippen LogP contribution in [-0.4, -0.2) is 68.3 Å². The van der Waals surface area contributed by atoms with Crippen LogP contribution in [0.3, 0.4) is 0 Å². The molecule has 0 aromatic heterocycles. The van der Waals surface area contributed by atoms with E-state index in [4.69, 9.17) is 0 Å². The Bertz CT molecular complexity index is 488. The molecule has 0 radical (unpaired) electrons. The summed E-state index contributed by atoms with van der Waals surface area (Å²) in [6.07, 6.45) is -0.677. The van der Waals surface area contributed by atoms with Gasteiger partial charge >= 0.3 is 6.18 Å². The quantitative estimate of drug-likeness (QED) is 0.261. The molecule has 1 aliphatic rings. The van der Waals surface area contributed by atoms with Crippen LogP contribution in [0, 0.1) is 5.92 Å². The normalized spacial score (nSPS) is 20.7. The lowest BCUT2D eigenvalue weighted by Crippen LogP contribution is -2.47. The van der Waals surface area contributed by atoms with E-state index in [1.54, 1.807) is 0 Å². The van der Waals surface area contributed by atoms with Crippen molar-refractivity contribution in [1.29, 1.82) is 0 Å². The van der Waals surface area contributed by atoms with Gasteiger partial charge in [0.15, 0.2) is 5.96 Å². The van der Waals surface area contributed by atoms with Crippen LogP contribution in [0.1, 0.15) is 46.5 Å². The van der Waals surface area contributed by atoms with E-state index in [-0.39, 0.29) is 61.0 Å². The lowest BCUT2D eigenvalue weighted by Gasteiger charge is -2.30. The summed E-state index contributed by atoms with van der Waals surface area (Å²) in [7, 11) is 1.43. The van der Waals surface area contributed by atoms with Gasteiger partial charge in [0.1, 0.15) is 0 Å². The maximum atomic E-state index is 12.4. The molecule has 0 spiro atoms. The van der Waals surface area contributed by atoms with E-state index in [1.807, 2.05) is 20.8 Å². The highest BCUT2D eigenvalue weighted by atomic mass is 127. The van der Waals surface area contributed by atoms with E-state index in [0.717, 1.165) is 25.7 Å². The molecule has 2 unspecified atom stereocenters. The van der Waals surface area contributed by atoms with Gasteiger partial charge in [0.25, 0.3) is 0 Å². The summed E-state index contributed by atoms with van der Waals surface area (Å²) < 4.78 is 37.1. The molecular weight excluding hydrogens is 486 g/mol. The summed E-state index contributed by atoms with van der Waals surface area (Å²) in [5, 5.41) is 9.43. The van der Waals surface area contributed by atoms with E-state index in [9.17, 15) is 18.0 Å². The second-order valence-electron chi connectivity index (χ2n) is 7.48. The largest absolute Gasteiger partial charge is 0.401 e. The van der Waals surface area contributed by atoms with Gasteiger partial charge in [0.2, 0.25) is 5.91 Å². The molecule has 0 aromatic carbocycles. The summed E-state index contributed by atoms with van der Waals surface area (Å²) >= 11 is 0. The molecule has 0 bridgehead atoms. The maximum Gasteiger partial charge on any atom is 0.401 e. The lowest BCUT2D eigenvalue weighted by molar-refractivity contribution is -0.142. The van der Waals surface area contributed by atoms with Crippen LogP contribution < -0.4 is 16.0 Å². The number of nitrogens with one attached hydrogen (secondary N) is 3. The van der Waals surface area contributed by atoms with E-state index < -0.39 is 12.7 Å². The molecule has 1 aliphatic carbocycles. The highest BCUT2D eigenvalue weighted by Crippen LogP contribution is 2.24. The zero-order valence-corrected chi connectivity index (χ0v) is 19.6. The molecule has 28 heavy (non-hydrogen) atoms. The third-order valence-corrected chi connectivity index (χ3v) is 4.36. The van der Waals surface area contributed by atoms with Crippen molar-refractivity contribution in [3.8, 4) is 0 Å². The summed E-state index contributed by atoms with van der Waals surface area (Å²) in [6, 6.07) is 0.255. The molecule has 1 fully saturated rings. The van der Waals surface area contributed by atoms with E-state index in [1.165, 1.54) is 11.9 Å². The summed E-state index contributed by atoms with van der Waals surface area (Å²) in [5.74, 6) is 0.666. The second kappa shape index (κ2) is 13.4. The fraction of sp³-hybridized carbons (Fsp3) is 0.889. The van der Waals surface area contributed by atoms with E-state index in [0.29, 0.717) is 12.5 Å². The Morgan fingerprint density at radius 3 is 2.54 bits per heavy atom. The number of likely N-dealkylation sites (N-methyl/N-ethyl adjacent to an activating group) is 1. The molecule has 0 saturated heterocycles. The van der Waals surface area contributed by atoms with Crippen molar-refractivity contribution in [3.63, 3.8) is 0 Å². The van der Waals surface area contributed by atoms with E-state index in [2.05, 4.69) is 20.9 Å². The Morgan fingerprint density at radius 1 is 1.29 bits per heavy atom. The fourth-order valence-electron chi connectivity index (χ4n) is 3.19. The first kappa shape index (κ1) is 27.2. The van der Waals surface area contributed by atoms with E-state index >= 15 is 0 Å². The van der Waals surface area contributed by atoms with Gasteiger partial charge in [-0.25, -0.2) is 0 Å². The third-order valence-electron chi connectivity index (χ3n) is 4.36. The Labute approximate surface area is 183 Å². The average Bonchev–Trinajstić information content (AvgIpc) is 2.53. The minimum absolute atomic E-state index is 0. The molecule has 1 saturated carbocycles. The Balaban J connectivity index is 0.00000729. The van der Waals surface area contributed by atoms with Crippen molar-refractivity contribution in [2.75, 3.05) is 33.2 Å². The molecule has 0 aromatic rings. The Kier molecular flexibility index (Phi) is 13.1. The van der Waals surface area contributed by atoms with Gasteiger partial charge in [-0.3, -0.25) is 14.7 Å². The second-order valence-corrected chi connectivity index (χ2v) is 7.48. The van der Waals surface area contributed by atoms with Gasteiger partial charge in [0.05, 0.1) is 13.1 Å². The summed E-state index contributed by atoms with van der Waals surface area (Å²) in [4.78, 5) is 17.8. The molecule has 1 rings (SSSR count). The molecule has 1 amide bonds. The minimum atomic E-state index is -4.20. The van der Waals surface area contributed by atoms with Crippen LogP contribution in [0.5, 0.6) is 0 Å². The van der Waals surface area contributed by atoms with Gasteiger partial charge in [-0.15, -0.1) is 24.0 Å². The first-order chi connectivity index (χ1) is 12.6. The van der Waals surface area contributed by atoms with Crippen molar-refractivity contribution in [2.24, 2.45) is 10.9 Å². The van der Waals surface area contributed by atoms with Crippen LogP contribution in [0.15, 0.2) is 4.99 Å². The standard InChI is InChI=1S/C18H34F3N5O.HI/c1-5-22-17(23-9-10-26(4)12-18(19,20)21)25-15-8-6-7-14(11-15)16(27)24-13(2)3;/h13-15H,5-12H2,1-4H3,(H,24,27)(H2,22,23,25);1H. The van der Waals surface area contributed by atoms with Crippen molar-refractivity contribution >= 4 is 35.8 Å². The number of hydrogen-bond acceptors (Lipinski definition) is 3. The summed E-state index contributed by atoms with van der Waals surface area (Å²) in [6.45, 7) is 6.04. The van der Waals surface area contributed by atoms with Crippen LogP contribution in [0.2, 0.25) is 0 Å². The average molecular weight is 521 g/mol. The van der Waals surface area contributed by atoms with Crippen molar-refractivity contribution in [1.82, 2.24) is 20.9 Å². The van der Waals surface area contributed by atoms with Crippen molar-refractivity contribution in [2.45, 2.75) is 64.7 Å². The molecular formula is C18H35F3IN5O. The van der Waals surface area contributed by atoms with Crippen LogP contribution in [0.4, 0.5) is 13.2 Å². The molecule has 3 N–H and O–H groups in total. The molecule has 0 heterocycles. The zero-order chi connectivity index (χ0) is 20.4. The van der Waals surface area contributed by atoms with Gasteiger partial charge in [0, 0.05) is 31.1 Å². The van der Waals surface area contributed by atoms with Gasteiger partial charge in [-0.05, 0) is 47.1 Å². The number of carbonyl (C=O) groups is 1. The van der Waals surface area contributed by atoms with Crippen LogP contribution in [0.25, 0.3) is 0 Å². The number of amides is 1. The Hall–Kier alpha value is -0.780. The van der Waals surface area contributed by atoms with Crippen molar-refractivity contribution < 1.29 is 18.0 Å². The minimum Gasteiger partial charge on any atom is -0.357 e. The molecule has 6 nitrogen and oxygen atoms in total. The monoisotopic (exact) mass is 521 g/mol. The first-order valence-electron chi connectivity index (χ1n) is 9.71. The number of aliphatic imine (C=N–C) groups is 1. The molecule has 166 valence electrons. The predicted molar refractivity (Wildman–Crippen MR) is 117 cm³/mol. The van der Waals surface area contributed by atoms with Gasteiger partial charge < -0.3 is 16.0 Å². The molecule has 10 heteroatoms. The zero-order valence-electron chi connectivity index (χ0n) is 17.2. The number of alkyl halides is 3. The van der Waals surface area contributed by atoms with Crippen LogP contribution >= 0.6 is 24.0 Å².